The number of nitrogens with zero attached hydrogens (tertiary/aromatic N) is 2. The van der Waals surface area contributed by atoms with Crippen molar-refractivity contribution in [3.8, 4) is 0 Å². The molecule has 0 spiro atoms. The third-order valence-corrected chi connectivity index (χ3v) is 8.19. The molecule has 1 N–H and O–H groups in total. The van der Waals surface area contributed by atoms with Gasteiger partial charge in [0.25, 0.3) is 0 Å². The van der Waals surface area contributed by atoms with Gasteiger partial charge in [-0.25, -0.2) is 0 Å². The van der Waals surface area contributed by atoms with Crippen LogP contribution in [0.15, 0.2) is 67.4 Å². The first kappa shape index (κ1) is 28.6. The van der Waals surface area contributed by atoms with Crippen LogP contribution in [0.5, 0.6) is 0 Å². The number of benzene rings is 2. The predicted octanol–water partition coefficient (Wildman–Crippen LogP) is 3.92. The Morgan fingerprint density at radius 3 is 2.32 bits per heavy atom. The Balaban J connectivity index is 0.00000336. The van der Waals surface area contributed by atoms with E-state index < -0.39 is 35.6 Å². The highest BCUT2D eigenvalue weighted by Gasteiger charge is 2.54. The van der Waals surface area contributed by atoms with Crippen LogP contribution in [0.4, 0.5) is 26.3 Å². The number of pyridine rings is 1. The highest BCUT2D eigenvalue weighted by Crippen LogP contribution is 2.48. The molecule has 4 heterocycles. The van der Waals surface area contributed by atoms with Crippen molar-refractivity contribution < 1.29 is 52.9 Å². The standard InChI is InChI=1S/C28H27F6N2O.BrH/c1-2-18-16-36(15-17-11-20(27(29,30)31)14-21(12-17)28(32,33)34)10-8-19(18)13-25(36)26(37)23-7-9-35-24-6-4-3-5-22(23)24;/h2-7,9,11-12,14,18-19,25-26,37H,1,8,10,13,15-16H2;1H/q+1;/p-1/t18-,19-,25-,26+,36+;/m0./s1. The van der Waals surface area contributed by atoms with Crippen LogP contribution >= 0.6 is 0 Å². The summed E-state index contributed by atoms with van der Waals surface area (Å²) in [6, 6.07) is 10.5. The zero-order valence-electron chi connectivity index (χ0n) is 20.3. The molecule has 38 heavy (non-hydrogen) atoms. The molecule has 6 rings (SSSR count). The predicted molar refractivity (Wildman–Crippen MR) is 127 cm³/mol. The van der Waals surface area contributed by atoms with E-state index in [-0.39, 0.29) is 51.5 Å². The van der Waals surface area contributed by atoms with E-state index in [1.54, 1.807) is 12.3 Å². The third kappa shape index (κ3) is 5.22. The summed E-state index contributed by atoms with van der Waals surface area (Å²) in [5.41, 5.74) is -1.31. The maximum atomic E-state index is 13.6. The molecule has 3 aromatic rings. The van der Waals surface area contributed by atoms with Crippen molar-refractivity contribution in [3.05, 3.63) is 89.6 Å². The van der Waals surface area contributed by atoms with E-state index in [2.05, 4.69) is 11.6 Å². The lowest BCUT2D eigenvalue weighted by Crippen LogP contribution is -3.00. The number of rotatable bonds is 5. The second-order valence-corrected chi connectivity index (χ2v) is 10.3. The molecule has 2 bridgehead atoms. The van der Waals surface area contributed by atoms with Gasteiger partial charge in [0.05, 0.1) is 29.7 Å². The molecule has 204 valence electrons. The van der Waals surface area contributed by atoms with Crippen LogP contribution in [0, 0.1) is 11.8 Å². The molecular weight excluding hydrogens is 574 g/mol. The molecule has 3 aliphatic heterocycles. The number of hydrogen-bond donors (Lipinski definition) is 1. The minimum absolute atomic E-state index is 0. The van der Waals surface area contributed by atoms with Gasteiger partial charge in [-0.1, -0.05) is 24.3 Å². The Labute approximate surface area is 227 Å². The second kappa shape index (κ2) is 10.3. The molecule has 0 aliphatic carbocycles. The Morgan fingerprint density at radius 2 is 1.68 bits per heavy atom. The second-order valence-electron chi connectivity index (χ2n) is 10.3. The van der Waals surface area contributed by atoms with E-state index in [9.17, 15) is 31.4 Å². The highest BCUT2D eigenvalue weighted by atomic mass is 79.9. The maximum Gasteiger partial charge on any atom is 0.416 e. The molecule has 2 aromatic carbocycles. The normalized spacial score (nSPS) is 26.1. The number of aromatic nitrogens is 1. The van der Waals surface area contributed by atoms with E-state index in [1.165, 1.54) is 0 Å². The van der Waals surface area contributed by atoms with Crippen molar-refractivity contribution >= 4 is 10.9 Å². The van der Waals surface area contributed by atoms with Crippen molar-refractivity contribution in [3.63, 3.8) is 0 Å². The van der Waals surface area contributed by atoms with Gasteiger partial charge in [0.15, 0.2) is 0 Å². The molecule has 0 amide bonds. The summed E-state index contributed by atoms with van der Waals surface area (Å²) < 4.78 is 81.6. The summed E-state index contributed by atoms with van der Waals surface area (Å²) in [5, 5.41) is 12.5. The minimum atomic E-state index is -4.91. The quantitative estimate of drug-likeness (QED) is 0.274. The molecule has 0 unspecified atom stereocenters. The first-order valence-electron chi connectivity index (χ1n) is 12.2. The van der Waals surface area contributed by atoms with Gasteiger partial charge in [-0.05, 0) is 41.8 Å². The van der Waals surface area contributed by atoms with Crippen LogP contribution in [-0.2, 0) is 18.9 Å². The number of aliphatic hydroxyl groups excluding tert-OH is 1. The van der Waals surface area contributed by atoms with Crippen molar-refractivity contribution in [1.29, 1.82) is 0 Å². The lowest BCUT2D eigenvalue weighted by atomic mass is 9.71. The average molecular weight is 601 g/mol. The maximum absolute atomic E-state index is 13.6. The van der Waals surface area contributed by atoms with Crippen LogP contribution in [0.3, 0.4) is 0 Å². The zero-order chi connectivity index (χ0) is 26.6. The SMILES string of the molecule is C=C[C@H]1C[N@+]2(Cc3cc(C(F)(F)F)cc(C(F)(F)F)c3)CC[C@H]1C[C@H]2[C@H](O)c1ccnc2ccccc12.[Br-]. The van der Waals surface area contributed by atoms with Crippen LogP contribution in [0.25, 0.3) is 10.9 Å². The fraction of sp³-hybridized carbons (Fsp3) is 0.393. The Kier molecular flexibility index (Phi) is 7.73. The van der Waals surface area contributed by atoms with Crippen LogP contribution in [0.2, 0.25) is 0 Å². The Hall–Kier alpha value is -2.43. The minimum Gasteiger partial charge on any atom is -1.00 e. The summed E-state index contributed by atoms with van der Waals surface area (Å²) in [6.07, 6.45) is -5.99. The van der Waals surface area contributed by atoms with Gasteiger partial charge in [-0.2, -0.15) is 26.3 Å². The number of alkyl halides is 6. The first-order valence-corrected chi connectivity index (χ1v) is 12.2. The highest BCUT2D eigenvalue weighted by molar-refractivity contribution is 5.82. The van der Waals surface area contributed by atoms with Gasteiger partial charge in [0.2, 0.25) is 0 Å². The lowest BCUT2D eigenvalue weighted by Gasteiger charge is -2.58. The molecule has 0 saturated carbocycles. The third-order valence-electron chi connectivity index (χ3n) is 8.19. The van der Waals surface area contributed by atoms with Crippen molar-refractivity contribution in [2.75, 3.05) is 13.1 Å². The van der Waals surface area contributed by atoms with Gasteiger partial charge in [-0.15, -0.1) is 6.58 Å². The first-order chi connectivity index (χ1) is 17.4. The number of fused-ring (bicyclic) bond motifs is 4. The number of halogens is 7. The van der Waals surface area contributed by atoms with E-state index in [1.807, 2.05) is 30.3 Å². The summed E-state index contributed by atoms with van der Waals surface area (Å²) >= 11 is 0. The van der Waals surface area contributed by atoms with E-state index in [0.717, 1.165) is 23.9 Å². The molecule has 3 fully saturated rings. The monoisotopic (exact) mass is 600 g/mol. The van der Waals surface area contributed by atoms with Crippen LogP contribution < -0.4 is 17.0 Å². The fourth-order valence-corrected chi connectivity index (χ4v) is 6.44. The fourth-order valence-electron chi connectivity index (χ4n) is 6.44. The number of aliphatic hydroxyl groups is 1. The number of para-hydroxylation sites is 1. The van der Waals surface area contributed by atoms with E-state index in [0.29, 0.717) is 30.6 Å². The number of piperidine rings is 3. The van der Waals surface area contributed by atoms with Crippen LogP contribution in [-0.4, -0.2) is 33.7 Å². The molecule has 5 atom stereocenters. The van der Waals surface area contributed by atoms with Crippen molar-refractivity contribution in [2.24, 2.45) is 11.8 Å². The Morgan fingerprint density at radius 1 is 1.03 bits per heavy atom. The molecule has 3 aliphatic rings. The van der Waals surface area contributed by atoms with Crippen LogP contribution in [0.1, 0.15) is 41.2 Å². The lowest BCUT2D eigenvalue weighted by molar-refractivity contribution is -0.984. The van der Waals surface area contributed by atoms with Gasteiger partial charge < -0.3 is 26.6 Å². The Bertz CT molecular complexity index is 1290. The van der Waals surface area contributed by atoms with Crippen molar-refractivity contribution in [1.82, 2.24) is 4.98 Å². The molecular formula is C28H27BrF6N2O. The largest absolute Gasteiger partial charge is 1.00 e. The molecule has 1 aromatic heterocycles. The summed E-state index contributed by atoms with van der Waals surface area (Å²) in [7, 11) is 0. The summed E-state index contributed by atoms with van der Waals surface area (Å²) in [4.78, 5) is 4.35. The zero-order valence-corrected chi connectivity index (χ0v) is 21.9. The van der Waals surface area contributed by atoms with Crippen molar-refractivity contribution in [2.45, 2.75) is 43.9 Å². The summed E-state index contributed by atoms with van der Waals surface area (Å²) in [5.74, 6) is 0.316. The van der Waals surface area contributed by atoms with Gasteiger partial charge in [0.1, 0.15) is 18.7 Å². The van der Waals surface area contributed by atoms with Gasteiger partial charge in [0, 0.05) is 35.9 Å². The number of quaternary nitrogens is 1. The average Bonchev–Trinajstić information content (AvgIpc) is 2.86. The number of hydrogen-bond acceptors (Lipinski definition) is 2. The molecule has 3 saturated heterocycles. The van der Waals surface area contributed by atoms with E-state index >= 15 is 0 Å². The molecule has 10 heteroatoms. The summed E-state index contributed by atoms with van der Waals surface area (Å²) in [6.45, 7) is 4.93. The van der Waals surface area contributed by atoms with Gasteiger partial charge >= 0.3 is 12.4 Å². The molecule has 0 radical (unpaired) electrons. The van der Waals surface area contributed by atoms with Gasteiger partial charge in [-0.3, -0.25) is 4.98 Å². The van der Waals surface area contributed by atoms with E-state index in [4.69, 9.17) is 0 Å². The topological polar surface area (TPSA) is 33.1 Å². The smallest absolute Gasteiger partial charge is 0.416 e. The molecule has 3 nitrogen and oxygen atoms in total.